The number of fused-ring (bicyclic) bond motifs is 1. The topological polar surface area (TPSA) is 51.1 Å². The van der Waals surface area contributed by atoms with Crippen LogP contribution >= 0.6 is 11.8 Å². The van der Waals surface area contributed by atoms with E-state index in [2.05, 4.69) is 9.47 Å². The predicted molar refractivity (Wildman–Crippen MR) is 124 cm³/mol. The molecule has 0 radical (unpaired) electrons. The molecule has 5 rings (SSSR count). The van der Waals surface area contributed by atoms with Crippen molar-refractivity contribution in [2.45, 2.75) is 38.5 Å². The highest BCUT2D eigenvalue weighted by Crippen LogP contribution is 2.47. The average Bonchev–Trinajstić information content (AvgIpc) is 3.19. The fourth-order valence-electron chi connectivity index (χ4n) is 4.56. The molecular weight excluding hydrogens is 484 g/mol. The van der Waals surface area contributed by atoms with E-state index in [1.165, 1.54) is 36.0 Å². The maximum absolute atomic E-state index is 12.8. The standard InChI is InChI=1S/C25H20F4N2O3S/c26-23(27)33-17-8-4-14(5-9-17)12-16-2-1-3-19-21(16)30-25-31(20(32)13-35-25)22(19)15-6-10-18(11-7-15)34-24(28)29/h4-12,22-24H,1-3,13H2/b16-12+/t22-/m0/s1. The molecule has 1 saturated heterocycles. The quantitative estimate of drug-likeness (QED) is 0.428. The number of benzene rings is 2. The van der Waals surface area contributed by atoms with Crippen molar-refractivity contribution in [2.75, 3.05) is 5.75 Å². The van der Waals surface area contributed by atoms with Gasteiger partial charge < -0.3 is 9.47 Å². The molecule has 0 spiro atoms. The van der Waals surface area contributed by atoms with E-state index >= 15 is 0 Å². The Morgan fingerprint density at radius 3 is 2.20 bits per heavy atom. The van der Waals surface area contributed by atoms with Crippen molar-refractivity contribution in [1.82, 2.24) is 4.90 Å². The molecule has 3 aliphatic rings. The molecule has 182 valence electrons. The number of halogens is 4. The Morgan fingerprint density at radius 1 is 0.943 bits per heavy atom. The van der Waals surface area contributed by atoms with Gasteiger partial charge in [0.2, 0.25) is 5.91 Å². The van der Waals surface area contributed by atoms with E-state index in [0.717, 1.165) is 47.2 Å². The van der Waals surface area contributed by atoms with Crippen molar-refractivity contribution < 1.29 is 31.8 Å². The molecule has 1 fully saturated rings. The summed E-state index contributed by atoms with van der Waals surface area (Å²) in [7, 11) is 0. The first-order chi connectivity index (χ1) is 16.9. The number of amides is 1. The number of alkyl halides is 4. The summed E-state index contributed by atoms with van der Waals surface area (Å²) < 4.78 is 58.9. The van der Waals surface area contributed by atoms with Crippen molar-refractivity contribution in [2.24, 2.45) is 4.99 Å². The van der Waals surface area contributed by atoms with Crippen LogP contribution in [-0.2, 0) is 4.79 Å². The Labute approximate surface area is 203 Å². The first kappa shape index (κ1) is 23.5. The van der Waals surface area contributed by atoms with Crippen LogP contribution in [0, 0.1) is 0 Å². The van der Waals surface area contributed by atoms with E-state index in [1.54, 1.807) is 29.2 Å². The summed E-state index contributed by atoms with van der Waals surface area (Å²) in [6.07, 6.45) is 4.33. The van der Waals surface area contributed by atoms with Crippen molar-refractivity contribution in [3.8, 4) is 11.5 Å². The van der Waals surface area contributed by atoms with Gasteiger partial charge in [0.25, 0.3) is 0 Å². The van der Waals surface area contributed by atoms with Crippen LogP contribution in [0.3, 0.4) is 0 Å². The van der Waals surface area contributed by atoms with Crippen LogP contribution in [0.25, 0.3) is 6.08 Å². The van der Waals surface area contributed by atoms with E-state index in [9.17, 15) is 22.4 Å². The SMILES string of the molecule is O=C1CSC2=NC3=C(CCC/C3=C\c3ccc(OC(F)F)cc3)[C@H](c3ccc(OC(F)F)cc3)N12. The van der Waals surface area contributed by atoms with Gasteiger partial charge in [0.1, 0.15) is 11.5 Å². The van der Waals surface area contributed by atoms with Gasteiger partial charge in [-0.1, -0.05) is 36.0 Å². The zero-order chi connectivity index (χ0) is 24.5. The van der Waals surface area contributed by atoms with Gasteiger partial charge in [0.05, 0.1) is 17.5 Å². The number of hydrogen-bond donors (Lipinski definition) is 0. The summed E-state index contributed by atoms with van der Waals surface area (Å²) >= 11 is 1.37. The molecule has 1 aliphatic carbocycles. The summed E-state index contributed by atoms with van der Waals surface area (Å²) in [5, 5.41) is 0.611. The van der Waals surface area contributed by atoms with Gasteiger partial charge in [0.15, 0.2) is 5.17 Å². The number of hydrogen-bond acceptors (Lipinski definition) is 5. The summed E-state index contributed by atoms with van der Waals surface area (Å²) in [6, 6.07) is 12.4. The lowest BCUT2D eigenvalue weighted by atomic mass is 9.83. The summed E-state index contributed by atoms with van der Waals surface area (Å²) in [5.74, 6) is 0.365. The number of aliphatic imine (C=N–C) groups is 1. The minimum atomic E-state index is -2.91. The second kappa shape index (κ2) is 9.77. The molecule has 0 bridgehead atoms. The van der Waals surface area contributed by atoms with Gasteiger partial charge in [-0.2, -0.15) is 17.6 Å². The molecule has 0 saturated carbocycles. The Balaban J connectivity index is 1.52. The lowest BCUT2D eigenvalue weighted by Crippen LogP contribution is -2.38. The van der Waals surface area contributed by atoms with E-state index in [-0.39, 0.29) is 29.2 Å². The van der Waals surface area contributed by atoms with Crippen LogP contribution in [0.5, 0.6) is 11.5 Å². The van der Waals surface area contributed by atoms with E-state index in [1.807, 2.05) is 6.08 Å². The summed E-state index contributed by atoms with van der Waals surface area (Å²) in [4.78, 5) is 19.3. The highest BCUT2D eigenvalue weighted by atomic mass is 32.2. The molecule has 5 nitrogen and oxygen atoms in total. The van der Waals surface area contributed by atoms with E-state index in [0.29, 0.717) is 5.17 Å². The first-order valence-electron chi connectivity index (χ1n) is 11.0. The molecule has 1 atom stereocenters. The molecule has 10 heteroatoms. The highest BCUT2D eigenvalue weighted by molar-refractivity contribution is 8.15. The van der Waals surface area contributed by atoms with Gasteiger partial charge in [-0.05, 0) is 71.9 Å². The Bertz CT molecular complexity index is 1210. The van der Waals surface area contributed by atoms with Gasteiger partial charge in [-0.3, -0.25) is 9.69 Å². The van der Waals surface area contributed by atoms with Crippen LogP contribution in [0.1, 0.15) is 36.4 Å². The minimum absolute atomic E-state index is 0.0493. The van der Waals surface area contributed by atoms with E-state index in [4.69, 9.17) is 4.99 Å². The van der Waals surface area contributed by atoms with Crippen molar-refractivity contribution in [3.05, 3.63) is 76.5 Å². The third kappa shape index (κ3) is 4.93. The molecular formula is C25H20F4N2O3S. The fraction of sp³-hybridized carbons (Fsp3) is 0.280. The lowest BCUT2D eigenvalue weighted by Gasteiger charge is -2.37. The summed E-state index contributed by atoms with van der Waals surface area (Å²) in [5.41, 5.74) is 4.40. The Morgan fingerprint density at radius 2 is 1.57 bits per heavy atom. The van der Waals surface area contributed by atoms with Crippen LogP contribution in [-0.4, -0.2) is 35.0 Å². The molecule has 2 aliphatic heterocycles. The molecule has 35 heavy (non-hydrogen) atoms. The number of amidine groups is 1. The fourth-order valence-corrected chi connectivity index (χ4v) is 5.45. The van der Waals surface area contributed by atoms with Crippen molar-refractivity contribution >= 4 is 28.9 Å². The number of carbonyl (C=O) groups excluding carboxylic acids is 1. The number of allylic oxidation sites excluding steroid dienone is 1. The molecule has 2 aromatic rings. The smallest absolute Gasteiger partial charge is 0.387 e. The van der Waals surface area contributed by atoms with Crippen LogP contribution in [0.2, 0.25) is 0 Å². The maximum Gasteiger partial charge on any atom is 0.387 e. The number of nitrogens with zero attached hydrogens (tertiary/aromatic N) is 2. The van der Waals surface area contributed by atoms with Gasteiger partial charge in [-0.25, -0.2) is 4.99 Å². The molecule has 0 unspecified atom stereocenters. The predicted octanol–water partition coefficient (Wildman–Crippen LogP) is 6.40. The van der Waals surface area contributed by atoms with E-state index < -0.39 is 13.2 Å². The van der Waals surface area contributed by atoms with Crippen molar-refractivity contribution in [1.29, 1.82) is 0 Å². The third-order valence-electron chi connectivity index (χ3n) is 5.96. The second-order valence-corrected chi connectivity index (χ2v) is 9.08. The Kier molecular flexibility index (Phi) is 6.55. The highest BCUT2D eigenvalue weighted by Gasteiger charge is 2.42. The molecule has 0 N–H and O–H groups in total. The second-order valence-electron chi connectivity index (χ2n) is 8.14. The average molecular weight is 505 g/mol. The van der Waals surface area contributed by atoms with Crippen molar-refractivity contribution in [3.63, 3.8) is 0 Å². The van der Waals surface area contributed by atoms with Crippen LogP contribution in [0.4, 0.5) is 17.6 Å². The molecule has 1 amide bonds. The number of rotatable bonds is 6. The number of carbonyl (C=O) groups is 1. The normalized spacial score (nSPS) is 20.9. The molecule has 2 aromatic carbocycles. The van der Waals surface area contributed by atoms with Gasteiger partial charge in [0, 0.05) is 0 Å². The zero-order valence-electron chi connectivity index (χ0n) is 18.3. The zero-order valence-corrected chi connectivity index (χ0v) is 19.1. The number of thioether (sulfide) groups is 1. The largest absolute Gasteiger partial charge is 0.435 e. The first-order valence-corrected chi connectivity index (χ1v) is 11.9. The maximum atomic E-state index is 12.8. The lowest BCUT2D eigenvalue weighted by molar-refractivity contribution is -0.125. The van der Waals surface area contributed by atoms with Gasteiger partial charge in [-0.15, -0.1) is 0 Å². The number of ether oxygens (including phenoxy) is 2. The molecule has 0 aromatic heterocycles. The summed E-state index contributed by atoms with van der Waals surface area (Å²) in [6.45, 7) is -5.80. The molecule has 2 heterocycles. The Hall–Kier alpha value is -3.27. The monoisotopic (exact) mass is 504 g/mol. The minimum Gasteiger partial charge on any atom is -0.435 e. The third-order valence-corrected chi connectivity index (χ3v) is 6.90. The van der Waals surface area contributed by atoms with Gasteiger partial charge >= 0.3 is 13.2 Å². The van der Waals surface area contributed by atoms with Crippen LogP contribution < -0.4 is 9.47 Å². The van der Waals surface area contributed by atoms with Crippen LogP contribution in [0.15, 0.2) is 70.4 Å².